The lowest BCUT2D eigenvalue weighted by Gasteiger charge is -2.22. The first kappa shape index (κ1) is 12.3. The van der Waals surface area contributed by atoms with Gasteiger partial charge in [-0.1, -0.05) is 0 Å². The van der Waals surface area contributed by atoms with Crippen LogP contribution in [-0.4, -0.2) is 42.3 Å². The number of hydrogen-bond acceptors (Lipinski definition) is 5. The summed E-state index contributed by atoms with van der Waals surface area (Å²) < 4.78 is 4.92. The van der Waals surface area contributed by atoms with E-state index in [1.807, 2.05) is 0 Å². The lowest BCUT2D eigenvalue weighted by molar-refractivity contribution is 0.181. The predicted octanol–water partition coefficient (Wildman–Crippen LogP) is 0.975. The summed E-state index contributed by atoms with van der Waals surface area (Å²) in [4.78, 5) is 21.8. The molecule has 3 rings (SSSR count). The Labute approximate surface area is 112 Å². The fourth-order valence-corrected chi connectivity index (χ4v) is 2.61. The molecule has 2 aliphatic heterocycles. The summed E-state index contributed by atoms with van der Waals surface area (Å²) in [6.45, 7) is 3.15. The first-order valence-corrected chi connectivity index (χ1v) is 6.79. The van der Waals surface area contributed by atoms with Gasteiger partial charge in [0.05, 0.1) is 18.4 Å². The van der Waals surface area contributed by atoms with E-state index < -0.39 is 0 Å². The van der Waals surface area contributed by atoms with Crippen LogP contribution in [-0.2, 0) is 11.2 Å². The maximum atomic E-state index is 11.5. The third kappa shape index (κ3) is 2.84. The Hall–Kier alpha value is -1.69. The van der Waals surface area contributed by atoms with Crippen molar-refractivity contribution in [2.45, 2.75) is 19.3 Å². The first-order chi connectivity index (χ1) is 9.33. The zero-order chi connectivity index (χ0) is 13.1. The highest BCUT2D eigenvalue weighted by molar-refractivity contribution is 5.87. The van der Waals surface area contributed by atoms with Crippen molar-refractivity contribution in [2.75, 3.05) is 31.1 Å². The van der Waals surface area contributed by atoms with Gasteiger partial charge in [0, 0.05) is 6.20 Å². The van der Waals surface area contributed by atoms with Crippen molar-refractivity contribution in [2.24, 2.45) is 5.92 Å². The number of piperidine rings is 1. The maximum absolute atomic E-state index is 11.5. The number of aromatic nitrogens is 2. The largest absolute Gasteiger partial charge is 0.447 e. The Bertz CT molecular complexity index is 460. The Balaban J connectivity index is 1.70. The van der Waals surface area contributed by atoms with Crippen molar-refractivity contribution in [1.29, 1.82) is 0 Å². The topological polar surface area (TPSA) is 67.3 Å². The van der Waals surface area contributed by atoms with E-state index in [4.69, 9.17) is 4.74 Å². The molecule has 0 unspecified atom stereocenters. The number of nitrogens with one attached hydrogen (secondary N) is 1. The van der Waals surface area contributed by atoms with Crippen LogP contribution in [0.1, 0.15) is 18.5 Å². The second-order valence-corrected chi connectivity index (χ2v) is 5.03. The molecule has 0 saturated carbocycles. The SMILES string of the molecule is O=C1OCCN1c1cncc(CC2CCNCC2)n1. The molecule has 6 nitrogen and oxygen atoms in total. The van der Waals surface area contributed by atoms with Gasteiger partial charge in [-0.15, -0.1) is 0 Å². The van der Waals surface area contributed by atoms with E-state index >= 15 is 0 Å². The van der Waals surface area contributed by atoms with Crippen LogP contribution in [0.3, 0.4) is 0 Å². The minimum atomic E-state index is -0.326. The van der Waals surface area contributed by atoms with Crippen LogP contribution in [0, 0.1) is 5.92 Å². The maximum Gasteiger partial charge on any atom is 0.415 e. The minimum Gasteiger partial charge on any atom is -0.447 e. The molecule has 0 radical (unpaired) electrons. The van der Waals surface area contributed by atoms with Crippen molar-refractivity contribution in [3.63, 3.8) is 0 Å². The number of anilines is 1. The lowest BCUT2D eigenvalue weighted by atomic mass is 9.93. The second kappa shape index (κ2) is 5.52. The van der Waals surface area contributed by atoms with Crippen molar-refractivity contribution in [3.05, 3.63) is 18.1 Å². The monoisotopic (exact) mass is 262 g/mol. The summed E-state index contributed by atoms with van der Waals surface area (Å²) in [5.41, 5.74) is 0.962. The van der Waals surface area contributed by atoms with Crippen LogP contribution in [0.15, 0.2) is 12.4 Å². The van der Waals surface area contributed by atoms with Crippen LogP contribution in [0.5, 0.6) is 0 Å². The molecule has 0 aliphatic carbocycles. The molecule has 6 heteroatoms. The van der Waals surface area contributed by atoms with Gasteiger partial charge in [-0.3, -0.25) is 9.88 Å². The van der Waals surface area contributed by atoms with E-state index in [0.717, 1.165) is 25.2 Å². The Morgan fingerprint density at radius 3 is 2.95 bits per heavy atom. The highest BCUT2D eigenvalue weighted by atomic mass is 16.6. The molecule has 1 N–H and O–H groups in total. The molecule has 0 spiro atoms. The van der Waals surface area contributed by atoms with Crippen molar-refractivity contribution < 1.29 is 9.53 Å². The fraction of sp³-hybridized carbons (Fsp3) is 0.615. The average Bonchev–Trinajstić information content (AvgIpc) is 2.86. The standard InChI is InChI=1S/C13H18N4O2/c18-13-17(5-6-19-13)12-9-15-8-11(16-12)7-10-1-3-14-4-2-10/h8-10,14H,1-7H2. The van der Waals surface area contributed by atoms with E-state index in [1.165, 1.54) is 12.8 Å². The van der Waals surface area contributed by atoms with Crippen LogP contribution in [0.25, 0.3) is 0 Å². The molecule has 3 heterocycles. The Morgan fingerprint density at radius 2 is 2.21 bits per heavy atom. The van der Waals surface area contributed by atoms with Gasteiger partial charge in [0.2, 0.25) is 0 Å². The number of carbonyl (C=O) groups excluding carboxylic acids is 1. The van der Waals surface area contributed by atoms with Crippen molar-refractivity contribution in [1.82, 2.24) is 15.3 Å². The van der Waals surface area contributed by atoms with Crippen LogP contribution in [0.2, 0.25) is 0 Å². The summed E-state index contributed by atoms with van der Waals surface area (Å²) in [7, 11) is 0. The van der Waals surface area contributed by atoms with Crippen molar-refractivity contribution in [3.8, 4) is 0 Å². The summed E-state index contributed by atoms with van der Waals surface area (Å²) in [5.74, 6) is 1.27. The summed E-state index contributed by atoms with van der Waals surface area (Å²) in [6, 6.07) is 0. The third-order valence-corrected chi connectivity index (χ3v) is 3.67. The van der Waals surface area contributed by atoms with E-state index in [0.29, 0.717) is 24.9 Å². The van der Waals surface area contributed by atoms with Crippen LogP contribution >= 0.6 is 0 Å². The summed E-state index contributed by atoms with van der Waals surface area (Å²) in [6.07, 6.45) is 6.39. The predicted molar refractivity (Wildman–Crippen MR) is 70.0 cm³/mol. The number of carbonyl (C=O) groups is 1. The number of hydrogen-bond donors (Lipinski definition) is 1. The highest BCUT2D eigenvalue weighted by Gasteiger charge is 2.25. The summed E-state index contributed by atoms with van der Waals surface area (Å²) in [5, 5.41) is 3.36. The number of rotatable bonds is 3. The van der Waals surface area contributed by atoms with Gasteiger partial charge in [0.1, 0.15) is 6.61 Å². The summed E-state index contributed by atoms with van der Waals surface area (Å²) >= 11 is 0. The number of ether oxygens (including phenoxy) is 1. The van der Waals surface area contributed by atoms with Gasteiger partial charge < -0.3 is 10.1 Å². The molecule has 102 valence electrons. The van der Waals surface area contributed by atoms with Crippen molar-refractivity contribution >= 4 is 11.9 Å². The zero-order valence-electron chi connectivity index (χ0n) is 10.8. The molecule has 2 aliphatic rings. The average molecular weight is 262 g/mol. The van der Waals surface area contributed by atoms with Crippen LogP contribution < -0.4 is 10.2 Å². The molecular weight excluding hydrogens is 244 g/mol. The van der Waals surface area contributed by atoms with Crippen LogP contribution in [0.4, 0.5) is 10.6 Å². The highest BCUT2D eigenvalue weighted by Crippen LogP contribution is 2.19. The fourth-order valence-electron chi connectivity index (χ4n) is 2.61. The zero-order valence-corrected chi connectivity index (χ0v) is 10.8. The van der Waals surface area contributed by atoms with Gasteiger partial charge in [-0.2, -0.15) is 0 Å². The van der Waals surface area contributed by atoms with E-state index in [2.05, 4.69) is 15.3 Å². The van der Waals surface area contributed by atoms with Gasteiger partial charge >= 0.3 is 6.09 Å². The van der Waals surface area contributed by atoms with Gasteiger partial charge in [-0.25, -0.2) is 9.78 Å². The minimum absolute atomic E-state index is 0.326. The third-order valence-electron chi connectivity index (χ3n) is 3.67. The van der Waals surface area contributed by atoms with Gasteiger partial charge in [0.15, 0.2) is 5.82 Å². The molecule has 1 aromatic rings. The first-order valence-electron chi connectivity index (χ1n) is 6.79. The van der Waals surface area contributed by atoms with Gasteiger partial charge in [0.25, 0.3) is 0 Å². The Morgan fingerprint density at radius 1 is 1.37 bits per heavy atom. The van der Waals surface area contributed by atoms with Gasteiger partial charge in [-0.05, 0) is 38.3 Å². The molecule has 1 amide bonds. The number of amides is 1. The smallest absolute Gasteiger partial charge is 0.415 e. The molecule has 2 saturated heterocycles. The van der Waals surface area contributed by atoms with E-state index in [-0.39, 0.29) is 6.09 Å². The van der Waals surface area contributed by atoms with E-state index in [1.54, 1.807) is 17.3 Å². The molecular formula is C13H18N4O2. The molecule has 0 atom stereocenters. The molecule has 0 aromatic carbocycles. The molecule has 1 aromatic heterocycles. The molecule has 0 bridgehead atoms. The molecule has 2 fully saturated rings. The number of cyclic esters (lactones) is 1. The van der Waals surface area contributed by atoms with E-state index in [9.17, 15) is 4.79 Å². The lowest BCUT2D eigenvalue weighted by Crippen LogP contribution is -2.29. The Kier molecular flexibility index (Phi) is 3.59. The molecule has 19 heavy (non-hydrogen) atoms. The number of nitrogens with zero attached hydrogens (tertiary/aromatic N) is 3. The second-order valence-electron chi connectivity index (χ2n) is 5.03. The normalized spacial score (nSPS) is 20.6. The quantitative estimate of drug-likeness (QED) is 0.879.